The van der Waals surface area contributed by atoms with Crippen molar-refractivity contribution in [1.82, 2.24) is 24.9 Å². The van der Waals surface area contributed by atoms with Crippen LogP contribution in [0, 0.1) is 12.8 Å². The van der Waals surface area contributed by atoms with Crippen molar-refractivity contribution in [2.45, 2.75) is 53.0 Å². The lowest BCUT2D eigenvalue weighted by molar-refractivity contribution is 0.0819. The van der Waals surface area contributed by atoms with Crippen molar-refractivity contribution in [2.75, 3.05) is 13.2 Å². The molecule has 1 aliphatic rings. The lowest BCUT2D eigenvalue weighted by Crippen LogP contribution is -2.33. The Labute approximate surface area is 190 Å². The zero-order valence-electron chi connectivity index (χ0n) is 19.6. The summed E-state index contributed by atoms with van der Waals surface area (Å²) in [7, 11) is 0. The number of rotatable bonds is 7. The number of ether oxygens (including phenoxy) is 1. The van der Waals surface area contributed by atoms with E-state index in [1.54, 1.807) is 0 Å². The molecule has 1 aliphatic heterocycles. The van der Waals surface area contributed by atoms with Crippen LogP contribution in [-0.2, 0) is 11.2 Å². The van der Waals surface area contributed by atoms with Gasteiger partial charge in [-0.1, -0.05) is 26.5 Å². The Morgan fingerprint density at radius 1 is 1.28 bits per heavy atom. The molecular weight excluding hydrogens is 398 g/mol. The van der Waals surface area contributed by atoms with Crippen LogP contribution in [0.1, 0.15) is 61.8 Å². The number of nitrogens with zero attached hydrogens (tertiary/aromatic N) is 4. The Morgan fingerprint density at radius 3 is 2.75 bits per heavy atom. The smallest absolute Gasteiger partial charge is 0.128 e. The maximum Gasteiger partial charge on any atom is 0.128 e. The molecule has 0 aromatic carbocycles. The van der Waals surface area contributed by atoms with E-state index in [9.17, 15) is 0 Å². The van der Waals surface area contributed by atoms with Crippen molar-refractivity contribution in [3.8, 4) is 0 Å². The number of hydrogen-bond donors (Lipinski definition) is 1. The first-order valence-corrected chi connectivity index (χ1v) is 11.5. The van der Waals surface area contributed by atoms with Gasteiger partial charge in [-0.25, -0.2) is 14.5 Å². The molecule has 6 heteroatoms. The van der Waals surface area contributed by atoms with Crippen LogP contribution in [-0.4, -0.2) is 38.8 Å². The lowest BCUT2D eigenvalue weighted by atomic mass is 9.97. The van der Waals surface area contributed by atoms with E-state index in [1.807, 2.05) is 23.1 Å². The SMILES string of the molecule is C=C(NC1CCOCC1)c1cnn2ccc(/C(=C/C)c3cnc(CC(C)C)nc3C)cc12. The van der Waals surface area contributed by atoms with Crippen LogP contribution in [0.5, 0.6) is 0 Å². The Balaban J connectivity index is 1.64. The fourth-order valence-electron chi connectivity index (χ4n) is 4.27. The van der Waals surface area contributed by atoms with E-state index in [1.165, 1.54) is 0 Å². The summed E-state index contributed by atoms with van der Waals surface area (Å²) in [5.74, 6) is 1.44. The van der Waals surface area contributed by atoms with E-state index in [2.05, 4.69) is 67.9 Å². The number of nitrogens with one attached hydrogen (secondary N) is 1. The molecule has 1 fully saturated rings. The Bertz CT molecular complexity index is 1140. The Kier molecular flexibility index (Phi) is 6.70. The third kappa shape index (κ3) is 4.75. The summed E-state index contributed by atoms with van der Waals surface area (Å²) in [6, 6.07) is 4.66. The quantitative estimate of drug-likeness (QED) is 0.581. The van der Waals surface area contributed by atoms with Crippen molar-refractivity contribution in [3.05, 3.63) is 71.6 Å². The average Bonchev–Trinajstić information content (AvgIpc) is 3.19. The predicted octanol–water partition coefficient (Wildman–Crippen LogP) is 4.82. The minimum Gasteiger partial charge on any atom is -0.382 e. The fraction of sp³-hybridized carbons (Fsp3) is 0.423. The van der Waals surface area contributed by atoms with Gasteiger partial charge in [0.25, 0.3) is 0 Å². The minimum atomic E-state index is 0.393. The van der Waals surface area contributed by atoms with E-state index in [4.69, 9.17) is 9.72 Å². The molecule has 0 spiro atoms. The van der Waals surface area contributed by atoms with Gasteiger partial charge in [-0.2, -0.15) is 5.10 Å². The molecule has 1 saturated heterocycles. The molecule has 0 saturated carbocycles. The van der Waals surface area contributed by atoms with Gasteiger partial charge in [0.1, 0.15) is 5.82 Å². The van der Waals surface area contributed by atoms with E-state index in [-0.39, 0.29) is 0 Å². The van der Waals surface area contributed by atoms with Gasteiger partial charge in [0.05, 0.1) is 11.7 Å². The molecule has 0 unspecified atom stereocenters. The largest absolute Gasteiger partial charge is 0.382 e. The normalized spacial score (nSPS) is 15.5. The summed E-state index contributed by atoms with van der Waals surface area (Å²) in [6.45, 7) is 14.4. The molecule has 0 atom stereocenters. The Morgan fingerprint density at radius 2 is 2.06 bits per heavy atom. The first-order valence-electron chi connectivity index (χ1n) is 11.5. The molecule has 3 aromatic heterocycles. The molecule has 0 aliphatic carbocycles. The van der Waals surface area contributed by atoms with Crippen LogP contribution in [0.15, 0.2) is 43.4 Å². The van der Waals surface area contributed by atoms with Crippen LogP contribution in [0.25, 0.3) is 16.8 Å². The highest BCUT2D eigenvalue weighted by Crippen LogP contribution is 2.28. The summed E-state index contributed by atoms with van der Waals surface area (Å²) < 4.78 is 7.37. The van der Waals surface area contributed by atoms with Crippen molar-refractivity contribution < 1.29 is 4.74 Å². The van der Waals surface area contributed by atoms with Crippen LogP contribution < -0.4 is 5.32 Å². The van der Waals surface area contributed by atoms with E-state index < -0.39 is 0 Å². The fourth-order valence-corrected chi connectivity index (χ4v) is 4.27. The number of pyridine rings is 1. The molecule has 0 amide bonds. The summed E-state index contributed by atoms with van der Waals surface area (Å²) in [6.07, 6.45) is 10.9. The number of aryl methyl sites for hydroxylation is 1. The zero-order valence-corrected chi connectivity index (χ0v) is 19.6. The topological polar surface area (TPSA) is 64.3 Å². The summed E-state index contributed by atoms with van der Waals surface area (Å²) in [4.78, 5) is 9.40. The van der Waals surface area contributed by atoms with Gasteiger partial charge in [-0.15, -0.1) is 0 Å². The zero-order chi connectivity index (χ0) is 22.7. The van der Waals surface area contributed by atoms with Crippen LogP contribution in [0.4, 0.5) is 0 Å². The van der Waals surface area contributed by atoms with Gasteiger partial charge in [0, 0.05) is 60.6 Å². The van der Waals surface area contributed by atoms with Crippen molar-refractivity contribution >= 4 is 16.8 Å². The number of hydrogen-bond acceptors (Lipinski definition) is 5. The lowest BCUT2D eigenvalue weighted by Gasteiger charge is -2.25. The second kappa shape index (κ2) is 9.65. The predicted molar refractivity (Wildman–Crippen MR) is 129 cm³/mol. The molecule has 4 rings (SSSR count). The highest BCUT2D eigenvalue weighted by Gasteiger charge is 2.17. The highest BCUT2D eigenvalue weighted by molar-refractivity contribution is 5.84. The standard InChI is InChI=1S/C26H33N5O/c1-6-22(23-15-27-26(13-17(2)3)30-18(23)4)20-7-10-31-25(14-20)24(16-28-31)19(5)29-21-8-11-32-12-9-21/h6-7,10,14-17,21,29H,5,8-9,11-13H2,1-4H3/b22-6-. The average molecular weight is 432 g/mol. The number of allylic oxidation sites excluding steroid dienone is 1. The number of fused-ring (bicyclic) bond motifs is 1. The third-order valence-corrected chi connectivity index (χ3v) is 5.96. The van der Waals surface area contributed by atoms with E-state index in [0.717, 1.165) is 77.5 Å². The van der Waals surface area contributed by atoms with Crippen LogP contribution in [0.3, 0.4) is 0 Å². The van der Waals surface area contributed by atoms with Crippen molar-refractivity contribution in [2.24, 2.45) is 5.92 Å². The molecule has 3 aromatic rings. The van der Waals surface area contributed by atoms with Gasteiger partial charge < -0.3 is 10.1 Å². The van der Waals surface area contributed by atoms with Gasteiger partial charge >= 0.3 is 0 Å². The Hall–Kier alpha value is -2.99. The molecule has 1 N–H and O–H groups in total. The molecular formula is C26H33N5O. The molecule has 6 nitrogen and oxygen atoms in total. The van der Waals surface area contributed by atoms with Gasteiger partial charge in [-0.3, -0.25) is 0 Å². The summed E-state index contributed by atoms with van der Waals surface area (Å²) in [5.41, 5.74) is 7.26. The third-order valence-electron chi connectivity index (χ3n) is 5.96. The second-order valence-corrected chi connectivity index (χ2v) is 8.90. The van der Waals surface area contributed by atoms with Crippen LogP contribution in [0.2, 0.25) is 0 Å². The minimum absolute atomic E-state index is 0.393. The molecule has 4 heterocycles. The molecule has 168 valence electrons. The van der Waals surface area contributed by atoms with E-state index in [0.29, 0.717) is 12.0 Å². The monoisotopic (exact) mass is 431 g/mol. The second-order valence-electron chi connectivity index (χ2n) is 8.90. The summed E-state index contributed by atoms with van der Waals surface area (Å²) in [5, 5.41) is 8.11. The van der Waals surface area contributed by atoms with Gasteiger partial charge in [0.15, 0.2) is 0 Å². The molecule has 32 heavy (non-hydrogen) atoms. The van der Waals surface area contributed by atoms with Crippen molar-refractivity contribution in [3.63, 3.8) is 0 Å². The van der Waals surface area contributed by atoms with E-state index >= 15 is 0 Å². The van der Waals surface area contributed by atoms with Gasteiger partial charge in [-0.05, 0) is 55.9 Å². The first kappa shape index (κ1) is 22.2. The maximum atomic E-state index is 5.47. The van der Waals surface area contributed by atoms with Gasteiger partial charge in [0.2, 0.25) is 0 Å². The highest BCUT2D eigenvalue weighted by atomic mass is 16.5. The maximum absolute atomic E-state index is 5.47. The number of aromatic nitrogens is 4. The van der Waals surface area contributed by atoms with Crippen molar-refractivity contribution in [1.29, 1.82) is 0 Å². The summed E-state index contributed by atoms with van der Waals surface area (Å²) >= 11 is 0. The first-order chi connectivity index (χ1) is 15.5. The molecule has 0 radical (unpaired) electrons. The molecule has 0 bridgehead atoms. The van der Waals surface area contributed by atoms with Crippen LogP contribution >= 0.6 is 0 Å².